The van der Waals surface area contributed by atoms with Gasteiger partial charge in [0.2, 0.25) is 5.91 Å². The summed E-state index contributed by atoms with van der Waals surface area (Å²) in [6.07, 6.45) is 5.07. The van der Waals surface area contributed by atoms with Gasteiger partial charge in [-0.15, -0.1) is 0 Å². The number of methoxy groups -OCH3 is 1. The summed E-state index contributed by atoms with van der Waals surface area (Å²) in [4.78, 5) is 14.4. The molecule has 1 amide bonds. The molecule has 7 heteroatoms. The molecule has 2 aromatic carbocycles. The van der Waals surface area contributed by atoms with E-state index in [2.05, 4.69) is 26.1 Å². The van der Waals surface area contributed by atoms with Crippen molar-refractivity contribution in [3.63, 3.8) is 0 Å². The van der Waals surface area contributed by atoms with Crippen LogP contribution in [0.15, 0.2) is 53.0 Å². The predicted molar refractivity (Wildman–Crippen MR) is 123 cm³/mol. The van der Waals surface area contributed by atoms with Gasteiger partial charge in [0.05, 0.1) is 12.7 Å². The molecule has 1 saturated heterocycles. The number of carbonyl (C=O) groups excluding carboxylic acids is 1. The largest absolute Gasteiger partial charge is 0.496 e. The van der Waals surface area contributed by atoms with Gasteiger partial charge in [0.15, 0.2) is 0 Å². The second-order valence-electron chi connectivity index (χ2n) is 7.88. The molecule has 1 heterocycles. The normalized spacial score (nSPS) is 16.4. The minimum atomic E-state index is -0.761. The molecule has 31 heavy (non-hydrogen) atoms. The Kier molecular flexibility index (Phi) is 8.23. The molecule has 0 bridgehead atoms. The van der Waals surface area contributed by atoms with Gasteiger partial charge in [0, 0.05) is 48.7 Å². The second-order valence-corrected chi connectivity index (χ2v) is 8.80. The lowest BCUT2D eigenvalue weighted by Gasteiger charge is -2.38. The van der Waals surface area contributed by atoms with E-state index >= 15 is 0 Å². The number of rotatable bonds is 8. The molecular formula is C24H28BrFN2O3. The number of carbonyl (C=O) groups is 1. The maximum Gasteiger partial charge on any atom is 0.244 e. The number of benzene rings is 2. The molecule has 1 aliphatic heterocycles. The molecule has 1 aliphatic rings. The Labute approximate surface area is 191 Å². The zero-order chi connectivity index (χ0) is 22.3. The summed E-state index contributed by atoms with van der Waals surface area (Å²) in [6.45, 7) is 2.79. The van der Waals surface area contributed by atoms with E-state index < -0.39 is 5.60 Å². The highest BCUT2D eigenvalue weighted by Crippen LogP contribution is 2.26. The van der Waals surface area contributed by atoms with Gasteiger partial charge in [-0.2, -0.15) is 0 Å². The van der Waals surface area contributed by atoms with Crippen molar-refractivity contribution in [1.29, 1.82) is 0 Å². The van der Waals surface area contributed by atoms with Crippen LogP contribution in [0.1, 0.15) is 24.0 Å². The van der Waals surface area contributed by atoms with Crippen LogP contribution in [-0.2, 0) is 11.2 Å². The Balaban J connectivity index is 1.40. The lowest BCUT2D eigenvalue weighted by Crippen LogP contribution is -2.47. The van der Waals surface area contributed by atoms with Crippen LogP contribution in [0.25, 0.3) is 6.08 Å². The molecular weight excluding hydrogens is 463 g/mol. The van der Waals surface area contributed by atoms with Gasteiger partial charge in [0.1, 0.15) is 11.6 Å². The predicted octanol–water partition coefficient (Wildman–Crippen LogP) is 3.80. The van der Waals surface area contributed by atoms with E-state index in [-0.39, 0.29) is 11.7 Å². The van der Waals surface area contributed by atoms with E-state index in [0.29, 0.717) is 31.6 Å². The van der Waals surface area contributed by atoms with Gasteiger partial charge >= 0.3 is 0 Å². The minimum absolute atomic E-state index is 0.160. The first kappa shape index (κ1) is 23.4. The number of likely N-dealkylation sites (tertiary alicyclic amines) is 1. The third kappa shape index (κ3) is 7.16. The molecule has 3 rings (SSSR count). The highest BCUT2D eigenvalue weighted by Gasteiger charge is 2.32. The van der Waals surface area contributed by atoms with Crippen LogP contribution in [0.3, 0.4) is 0 Å². The Morgan fingerprint density at radius 1 is 1.26 bits per heavy atom. The van der Waals surface area contributed by atoms with Crippen molar-refractivity contribution in [2.75, 3.05) is 33.3 Å². The molecule has 0 atom stereocenters. The summed E-state index contributed by atoms with van der Waals surface area (Å²) in [5.41, 5.74) is 1.01. The average molecular weight is 491 g/mol. The molecule has 0 saturated carbocycles. The molecule has 2 aromatic rings. The molecule has 0 aliphatic carbocycles. The van der Waals surface area contributed by atoms with Crippen LogP contribution in [-0.4, -0.2) is 54.8 Å². The van der Waals surface area contributed by atoms with Gasteiger partial charge in [0.25, 0.3) is 0 Å². The molecule has 5 nitrogen and oxygen atoms in total. The number of ether oxygens (including phenoxy) is 1. The minimum Gasteiger partial charge on any atom is -0.496 e. The number of halogens is 2. The van der Waals surface area contributed by atoms with Crippen molar-refractivity contribution in [3.05, 3.63) is 70.0 Å². The third-order valence-corrected chi connectivity index (χ3v) is 6.06. The first-order valence-electron chi connectivity index (χ1n) is 10.4. The monoisotopic (exact) mass is 490 g/mol. The number of aliphatic hydroxyl groups is 1. The smallest absolute Gasteiger partial charge is 0.244 e. The number of hydrogen-bond donors (Lipinski definition) is 2. The van der Waals surface area contributed by atoms with Crippen LogP contribution in [0.2, 0.25) is 0 Å². The van der Waals surface area contributed by atoms with Gasteiger partial charge < -0.3 is 20.1 Å². The van der Waals surface area contributed by atoms with E-state index in [1.54, 1.807) is 25.3 Å². The van der Waals surface area contributed by atoms with Gasteiger partial charge in [-0.3, -0.25) is 4.79 Å². The lowest BCUT2D eigenvalue weighted by atomic mass is 9.85. The summed E-state index contributed by atoms with van der Waals surface area (Å²) in [6, 6.07) is 11.9. The summed E-state index contributed by atoms with van der Waals surface area (Å²) in [5.74, 6) is 0.277. The Morgan fingerprint density at radius 3 is 2.65 bits per heavy atom. The molecule has 0 unspecified atom stereocenters. The van der Waals surface area contributed by atoms with Crippen molar-refractivity contribution < 1.29 is 19.0 Å². The summed E-state index contributed by atoms with van der Waals surface area (Å²) in [7, 11) is 1.60. The fourth-order valence-corrected chi connectivity index (χ4v) is 4.13. The highest BCUT2D eigenvalue weighted by molar-refractivity contribution is 9.10. The fraction of sp³-hybridized carbons (Fsp3) is 0.375. The van der Waals surface area contributed by atoms with Gasteiger partial charge in [-0.05, 0) is 54.8 Å². The Hall–Kier alpha value is -2.22. The summed E-state index contributed by atoms with van der Waals surface area (Å²) in [5, 5.41) is 13.8. The van der Waals surface area contributed by atoms with E-state index in [1.807, 2.05) is 18.2 Å². The maximum absolute atomic E-state index is 13.1. The molecule has 0 spiro atoms. The second kappa shape index (κ2) is 10.9. The summed E-state index contributed by atoms with van der Waals surface area (Å²) >= 11 is 3.42. The quantitative estimate of drug-likeness (QED) is 0.552. The van der Waals surface area contributed by atoms with Crippen LogP contribution in [0.4, 0.5) is 4.39 Å². The highest BCUT2D eigenvalue weighted by atomic mass is 79.9. The van der Waals surface area contributed by atoms with Crippen LogP contribution in [0, 0.1) is 5.82 Å². The van der Waals surface area contributed by atoms with E-state index in [4.69, 9.17) is 4.74 Å². The zero-order valence-electron chi connectivity index (χ0n) is 17.6. The average Bonchev–Trinajstić information content (AvgIpc) is 2.75. The zero-order valence-corrected chi connectivity index (χ0v) is 19.2. The molecule has 2 N–H and O–H groups in total. The summed E-state index contributed by atoms with van der Waals surface area (Å²) < 4.78 is 19.3. The standard InChI is InChI=1S/C24H28BrFN2O3/c1-31-22-8-5-20(25)16-19(22)4-9-23(29)27-12-15-28-13-10-24(30,11-14-28)17-18-2-6-21(26)7-3-18/h2-9,16,30H,10-15,17H2,1H3,(H,27,29)/b9-4+. The van der Waals surface area contributed by atoms with Crippen molar-refractivity contribution in [2.45, 2.75) is 24.9 Å². The number of amides is 1. The van der Waals surface area contributed by atoms with Crippen molar-refractivity contribution in [1.82, 2.24) is 10.2 Å². The maximum atomic E-state index is 13.1. The number of hydrogen-bond acceptors (Lipinski definition) is 4. The topological polar surface area (TPSA) is 61.8 Å². The molecule has 0 aromatic heterocycles. The van der Waals surface area contributed by atoms with Gasteiger partial charge in [-0.1, -0.05) is 28.1 Å². The Bertz CT molecular complexity index is 910. The fourth-order valence-electron chi connectivity index (χ4n) is 3.75. The number of piperidine rings is 1. The number of nitrogens with zero attached hydrogens (tertiary/aromatic N) is 1. The van der Waals surface area contributed by atoms with E-state index in [1.165, 1.54) is 18.2 Å². The van der Waals surface area contributed by atoms with E-state index in [9.17, 15) is 14.3 Å². The first-order valence-corrected chi connectivity index (χ1v) is 11.1. The van der Waals surface area contributed by atoms with Gasteiger partial charge in [-0.25, -0.2) is 4.39 Å². The molecule has 1 fully saturated rings. The number of nitrogens with one attached hydrogen (secondary N) is 1. The third-order valence-electron chi connectivity index (χ3n) is 5.57. The van der Waals surface area contributed by atoms with Crippen LogP contribution >= 0.6 is 15.9 Å². The van der Waals surface area contributed by atoms with Crippen molar-refractivity contribution in [3.8, 4) is 5.75 Å². The SMILES string of the molecule is COc1ccc(Br)cc1/C=C/C(=O)NCCN1CCC(O)(Cc2ccc(F)cc2)CC1. The van der Waals surface area contributed by atoms with Crippen molar-refractivity contribution >= 4 is 27.9 Å². The van der Waals surface area contributed by atoms with Crippen molar-refractivity contribution in [2.24, 2.45) is 0 Å². The molecule has 166 valence electrons. The van der Waals surface area contributed by atoms with Crippen LogP contribution in [0.5, 0.6) is 5.75 Å². The Morgan fingerprint density at radius 2 is 1.97 bits per heavy atom. The van der Waals surface area contributed by atoms with Crippen LogP contribution < -0.4 is 10.1 Å². The molecule has 0 radical (unpaired) electrons. The lowest BCUT2D eigenvalue weighted by molar-refractivity contribution is -0.116. The van der Waals surface area contributed by atoms with E-state index in [0.717, 1.165) is 35.2 Å². The first-order chi connectivity index (χ1) is 14.9.